The number of hydrogen-bond acceptors (Lipinski definition) is 5. The number of nitrogens with zero attached hydrogens (tertiary/aromatic N) is 1. The van der Waals surface area contributed by atoms with Crippen LogP contribution >= 0.6 is 11.9 Å². The van der Waals surface area contributed by atoms with Crippen molar-refractivity contribution < 1.29 is 14.3 Å². The largest absolute Gasteiger partial charge is 0.451 e. The van der Waals surface area contributed by atoms with Gasteiger partial charge in [0, 0.05) is 11.9 Å². The predicted molar refractivity (Wildman–Crippen MR) is 76.8 cm³/mol. The quantitative estimate of drug-likeness (QED) is 0.439. The van der Waals surface area contributed by atoms with E-state index in [1.165, 1.54) is 18.4 Å². The minimum atomic E-state index is -0.459. The maximum Gasteiger partial charge on any atom is 0.383 e. The molecule has 0 amide bonds. The highest BCUT2D eigenvalue weighted by Crippen LogP contribution is 2.38. The van der Waals surface area contributed by atoms with Gasteiger partial charge in [0.25, 0.3) is 0 Å². The van der Waals surface area contributed by atoms with Gasteiger partial charge in [0.05, 0.1) is 12.6 Å². The highest BCUT2D eigenvalue weighted by atomic mass is 32.2. The molecule has 0 bridgehead atoms. The first-order valence-electron chi connectivity index (χ1n) is 6.71. The molecule has 1 aliphatic heterocycles. The van der Waals surface area contributed by atoms with E-state index in [-0.39, 0.29) is 11.3 Å². The molecule has 0 aromatic carbocycles. The standard InChI is InChI=1S/C14H23NO3S/c1-13(2,3)18-12(16)19-15-11(8-10-6-7-10)9-17-14(15,4)5/h8,11H,6-7,9H2,1-5H3/t11-/m0/s1. The average Bonchev–Trinajstić information content (AvgIpc) is 2.97. The molecular formula is C14H23NO3S. The maximum atomic E-state index is 12.0. The molecule has 19 heavy (non-hydrogen) atoms. The SMILES string of the molecule is CC(C)(C)OC(=O)SN1[C@@H](C=C2CC2)COC1(C)C. The molecule has 0 aromatic heterocycles. The van der Waals surface area contributed by atoms with Gasteiger partial charge in [0.15, 0.2) is 0 Å². The number of ether oxygens (including phenoxy) is 2. The molecule has 2 rings (SSSR count). The van der Waals surface area contributed by atoms with Crippen LogP contribution in [0.25, 0.3) is 0 Å². The minimum absolute atomic E-state index is 0.157. The normalized spacial score (nSPS) is 26.4. The molecule has 4 nitrogen and oxygen atoms in total. The molecule has 1 heterocycles. The molecule has 0 N–H and O–H groups in total. The Kier molecular flexibility index (Phi) is 4.00. The summed E-state index contributed by atoms with van der Waals surface area (Å²) in [5.74, 6) is 0. The Bertz CT molecular complexity index is 392. The van der Waals surface area contributed by atoms with Gasteiger partial charge in [-0.2, -0.15) is 0 Å². The first-order chi connectivity index (χ1) is 8.67. The molecule has 5 heteroatoms. The van der Waals surface area contributed by atoms with E-state index in [0.717, 1.165) is 11.9 Å². The van der Waals surface area contributed by atoms with Crippen molar-refractivity contribution in [3.63, 3.8) is 0 Å². The molecule has 0 spiro atoms. The van der Waals surface area contributed by atoms with E-state index in [4.69, 9.17) is 9.47 Å². The lowest BCUT2D eigenvalue weighted by Crippen LogP contribution is -2.39. The second kappa shape index (κ2) is 5.11. The Morgan fingerprint density at radius 2 is 2.11 bits per heavy atom. The molecule has 0 unspecified atom stereocenters. The fourth-order valence-corrected chi connectivity index (χ4v) is 2.95. The summed E-state index contributed by atoms with van der Waals surface area (Å²) in [4.78, 5) is 12.0. The number of rotatable bonds is 2. The average molecular weight is 285 g/mol. The molecule has 1 saturated heterocycles. The van der Waals surface area contributed by atoms with E-state index >= 15 is 0 Å². The van der Waals surface area contributed by atoms with Crippen LogP contribution in [-0.2, 0) is 9.47 Å². The van der Waals surface area contributed by atoms with Crippen molar-refractivity contribution in [3.8, 4) is 0 Å². The Morgan fingerprint density at radius 3 is 2.63 bits per heavy atom. The van der Waals surface area contributed by atoms with Crippen molar-refractivity contribution in [1.29, 1.82) is 0 Å². The summed E-state index contributed by atoms with van der Waals surface area (Å²) in [6, 6.07) is 0.157. The highest BCUT2D eigenvalue weighted by molar-refractivity contribution is 8.11. The molecule has 1 saturated carbocycles. The van der Waals surface area contributed by atoms with E-state index in [1.807, 2.05) is 38.9 Å². The molecule has 0 aromatic rings. The van der Waals surface area contributed by atoms with Crippen LogP contribution in [-0.4, -0.2) is 33.6 Å². The molecule has 2 fully saturated rings. The van der Waals surface area contributed by atoms with Crippen molar-refractivity contribution in [2.45, 2.75) is 64.8 Å². The minimum Gasteiger partial charge on any atom is -0.451 e. The van der Waals surface area contributed by atoms with Gasteiger partial charge >= 0.3 is 5.30 Å². The summed E-state index contributed by atoms with van der Waals surface area (Å²) < 4.78 is 13.2. The van der Waals surface area contributed by atoms with Crippen molar-refractivity contribution in [1.82, 2.24) is 4.31 Å². The van der Waals surface area contributed by atoms with Crippen molar-refractivity contribution in [3.05, 3.63) is 11.6 Å². The van der Waals surface area contributed by atoms with E-state index in [1.54, 1.807) is 0 Å². The van der Waals surface area contributed by atoms with E-state index in [0.29, 0.717) is 6.61 Å². The molecule has 1 aliphatic carbocycles. The number of carbonyl (C=O) groups is 1. The van der Waals surface area contributed by atoms with Crippen LogP contribution in [0.4, 0.5) is 4.79 Å². The molecule has 2 aliphatic rings. The summed E-state index contributed by atoms with van der Waals surface area (Å²) in [5, 5.41) is -0.273. The van der Waals surface area contributed by atoms with Gasteiger partial charge in [-0.25, -0.2) is 9.10 Å². The third-order valence-electron chi connectivity index (χ3n) is 2.97. The number of carbonyl (C=O) groups excluding carboxylic acids is 1. The first-order valence-corrected chi connectivity index (χ1v) is 7.48. The first kappa shape index (κ1) is 14.9. The lowest BCUT2D eigenvalue weighted by atomic mass is 10.2. The van der Waals surface area contributed by atoms with E-state index in [2.05, 4.69) is 6.08 Å². The van der Waals surface area contributed by atoms with Crippen LogP contribution < -0.4 is 0 Å². The Morgan fingerprint density at radius 1 is 1.47 bits per heavy atom. The predicted octanol–water partition coefficient (Wildman–Crippen LogP) is 3.73. The Labute approximate surface area is 119 Å². The van der Waals surface area contributed by atoms with Gasteiger partial charge < -0.3 is 9.47 Å². The van der Waals surface area contributed by atoms with Gasteiger partial charge in [-0.15, -0.1) is 0 Å². The van der Waals surface area contributed by atoms with Crippen LogP contribution in [0.1, 0.15) is 47.5 Å². The van der Waals surface area contributed by atoms with Gasteiger partial charge in [0.1, 0.15) is 11.3 Å². The fourth-order valence-electron chi connectivity index (χ4n) is 1.97. The number of allylic oxidation sites excluding steroid dienone is 1. The lowest BCUT2D eigenvalue weighted by molar-refractivity contribution is -0.0121. The fraction of sp³-hybridized carbons (Fsp3) is 0.786. The van der Waals surface area contributed by atoms with Crippen LogP contribution in [0.15, 0.2) is 11.6 Å². The molecule has 108 valence electrons. The topological polar surface area (TPSA) is 38.8 Å². The van der Waals surface area contributed by atoms with Gasteiger partial charge in [-0.3, -0.25) is 0 Å². The molecule has 1 atom stereocenters. The van der Waals surface area contributed by atoms with Crippen molar-refractivity contribution >= 4 is 17.2 Å². The van der Waals surface area contributed by atoms with E-state index < -0.39 is 11.3 Å². The van der Waals surface area contributed by atoms with Crippen LogP contribution in [0.3, 0.4) is 0 Å². The summed E-state index contributed by atoms with van der Waals surface area (Å²) in [6.07, 6.45) is 4.59. The third-order valence-corrected chi connectivity index (χ3v) is 4.11. The van der Waals surface area contributed by atoms with Gasteiger partial charge in [0.2, 0.25) is 0 Å². The molecular weight excluding hydrogens is 262 g/mol. The third kappa shape index (κ3) is 4.23. The monoisotopic (exact) mass is 285 g/mol. The molecule has 0 radical (unpaired) electrons. The van der Waals surface area contributed by atoms with Gasteiger partial charge in [-0.1, -0.05) is 11.6 Å². The number of hydrogen-bond donors (Lipinski definition) is 0. The zero-order valence-electron chi connectivity index (χ0n) is 12.4. The van der Waals surface area contributed by atoms with Crippen molar-refractivity contribution in [2.75, 3.05) is 6.61 Å². The summed E-state index contributed by atoms with van der Waals surface area (Å²) in [7, 11) is 0. The Balaban J connectivity index is 2.01. The zero-order chi connectivity index (χ0) is 14.3. The summed E-state index contributed by atoms with van der Waals surface area (Å²) in [5.41, 5.74) is 0.554. The Hall–Kier alpha value is -0.520. The second-order valence-corrected chi connectivity index (χ2v) is 7.44. The maximum absolute atomic E-state index is 12.0. The summed E-state index contributed by atoms with van der Waals surface area (Å²) >= 11 is 1.12. The van der Waals surface area contributed by atoms with Crippen LogP contribution in [0.2, 0.25) is 0 Å². The smallest absolute Gasteiger partial charge is 0.383 e. The summed E-state index contributed by atoms with van der Waals surface area (Å²) in [6.45, 7) is 10.2. The van der Waals surface area contributed by atoms with Gasteiger partial charge in [-0.05, 0) is 47.5 Å². The zero-order valence-corrected chi connectivity index (χ0v) is 13.2. The highest BCUT2D eigenvalue weighted by Gasteiger charge is 2.43. The van der Waals surface area contributed by atoms with Crippen molar-refractivity contribution in [2.24, 2.45) is 0 Å². The second-order valence-electron chi connectivity index (χ2n) is 6.53. The van der Waals surface area contributed by atoms with E-state index in [9.17, 15) is 4.79 Å². The lowest BCUT2D eigenvalue weighted by Gasteiger charge is -2.31. The van der Waals surface area contributed by atoms with Crippen LogP contribution in [0, 0.1) is 0 Å². The van der Waals surface area contributed by atoms with Crippen LogP contribution in [0.5, 0.6) is 0 Å².